The van der Waals surface area contributed by atoms with Crippen LogP contribution in [0.25, 0.3) is 0 Å². The van der Waals surface area contributed by atoms with Crippen LogP contribution in [0.5, 0.6) is 0 Å². The monoisotopic (exact) mass is 277 g/mol. The summed E-state index contributed by atoms with van der Waals surface area (Å²) in [5.74, 6) is 0.696. The van der Waals surface area contributed by atoms with Crippen LogP contribution in [0.2, 0.25) is 0 Å². The van der Waals surface area contributed by atoms with E-state index in [0.29, 0.717) is 18.4 Å². The van der Waals surface area contributed by atoms with Crippen LogP contribution in [0, 0.1) is 5.92 Å². The van der Waals surface area contributed by atoms with E-state index in [4.69, 9.17) is 4.74 Å². The normalized spacial score (nSPS) is 23.9. The van der Waals surface area contributed by atoms with Crippen LogP contribution in [0.3, 0.4) is 0 Å². The topological polar surface area (TPSA) is 56.2 Å². The van der Waals surface area contributed by atoms with Crippen molar-refractivity contribution in [1.29, 1.82) is 0 Å². The molecule has 0 aromatic carbocycles. The lowest BCUT2D eigenvalue weighted by molar-refractivity contribution is -0.117. The summed E-state index contributed by atoms with van der Waals surface area (Å²) in [7, 11) is 0. The molecule has 0 spiro atoms. The number of ether oxygens (including phenoxy) is 1. The third-order valence-corrected chi connectivity index (χ3v) is 4.36. The van der Waals surface area contributed by atoms with E-state index in [9.17, 15) is 4.79 Å². The second-order valence-electron chi connectivity index (χ2n) is 5.98. The highest BCUT2D eigenvalue weighted by Crippen LogP contribution is 2.26. The molecular weight excluding hydrogens is 254 g/mol. The predicted octanol–water partition coefficient (Wildman–Crippen LogP) is 2.75. The molecule has 5 nitrogen and oxygen atoms in total. The van der Waals surface area contributed by atoms with Crippen LogP contribution in [-0.4, -0.2) is 28.9 Å². The minimum atomic E-state index is 0.124. The fourth-order valence-corrected chi connectivity index (χ4v) is 3.20. The van der Waals surface area contributed by atoms with Crippen molar-refractivity contribution < 1.29 is 9.53 Å². The van der Waals surface area contributed by atoms with Crippen molar-refractivity contribution in [3.63, 3.8) is 0 Å². The van der Waals surface area contributed by atoms with Crippen LogP contribution in [0.1, 0.15) is 51.0 Å². The fraction of sp³-hybridized carbons (Fsp3) is 0.733. The smallest absolute Gasteiger partial charge is 0.224 e. The number of aromatic nitrogens is 2. The molecule has 1 aliphatic heterocycles. The number of rotatable bonds is 4. The molecule has 20 heavy (non-hydrogen) atoms. The first-order valence-electron chi connectivity index (χ1n) is 7.73. The van der Waals surface area contributed by atoms with Gasteiger partial charge in [0.05, 0.1) is 24.5 Å². The van der Waals surface area contributed by atoms with Gasteiger partial charge >= 0.3 is 0 Å². The number of amides is 1. The Bertz CT molecular complexity index is 446. The molecule has 0 bridgehead atoms. The molecule has 0 unspecified atom stereocenters. The number of anilines is 1. The lowest BCUT2D eigenvalue weighted by Gasteiger charge is -2.20. The summed E-state index contributed by atoms with van der Waals surface area (Å²) < 4.78 is 7.26. The third-order valence-electron chi connectivity index (χ3n) is 4.36. The van der Waals surface area contributed by atoms with Gasteiger partial charge in [-0.2, -0.15) is 5.10 Å². The van der Waals surface area contributed by atoms with Gasteiger partial charge in [-0.05, 0) is 25.2 Å². The number of carbonyl (C=O) groups excluding carboxylic acids is 1. The van der Waals surface area contributed by atoms with Crippen LogP contribution in [0.4, 0.5) is 5.69 Å². The van der Waals surface area contributed by atoms with Gasteiger partial charge in [-0.1, -0.05) is 19.3 Å². The number of hydrogen-bond donors (Lipinski definition) is 1. The zero-order chi connectivity index (χ0) is 13.8. The van der Waals surface area contributed by atoms with Crippen LogP contribution in [0.15, 0.2) is 12.4 Å². The molecule has 2 fully saturated rings. The molecular formula is C15H23N3O2. The summed E-state index contributed by atoms with van der Waals surface area (Å²) in [6, 6.07) is 0.319. The van der Waals surface area contributed by atoms with Crippen molar-refractivity contribution in [3.05, 3.63) is 12.4 Å². The Hall–Kier alpha value is -1.36. The number of carbonyl (C=O) groups is 1. The molecule has 0 radical (unpaired) electrons. The van der Waals surface area contributed by atoms with Crippen molar-refractivity contribution >= 4 is 11.6 Å². The lowest BCUT2D eigenvalue weighted by Crippen LogP contribution is -2.18. The summed E-state index contributed by atoms with van der Waals surface area (Å²) >= 11 is 0. The Labute approximate surface area is 119 Å². The Balaban J connectivity index is 1.50. The molecule has 2 heterocycles. The summed E-state index contributed by atoms with van der Waals surface area (Å²) in [6.07, 6.45) is 11.6. The van der Waals surface area contributed by atoms with E-state index >= 15 is 0 Å². The first-order valence-corrected chi connectivity index (χ1v) is 7.73. The van der Waals surface area contributed by atoms with Crippen LogP contribution < -0.4 is 5.32 Å². The van der Waals surface area contributed by atoms with Crippen molar-refractivity contribution in [2.24, 2.45) is 5.92 Å². The van der Waals surface area contributed by atoms with E-state index in [1.54, 1.807) is 6.20 Å². The predicted molar refractivity (Wildman–Crippen MR) is 76.5 cm³/mol. The Morgan fingerprint density at radius 3 is 2.95 bits per heavy atom. The average Bonchev–Trinajstić information content (AvgIpc) is 3.10. The second-order valence-corrected chi connectivity index (χ2v) is 5.98. The van der Waals surface area contributed by atoms with Gasteiger partial charge in [0.25, 0.3) is 0 Å². The summed E-state index contributed by atoms with van der Waals surface area (Å²) in [5.41, 5.74) is 0.803. The van der Waals surface area contributed by atoms with Gasteiger partial charge in [0.15, 0.2) is 0 Å². The Kier molecular flexibility index (Phi) is 4.35. The van der Waals surface area contributed by atoms with Gasteiger partial charge in [-0.25, -0.2) is 0 Å². The summed E-state index contributed by atoms with van der Waals surface area (Å²) in [6.45, 7) is 1.52. The van der Waals surface area contributed by atoms with Gasteiger partial charge in [0.2, 0.25) is 5.91 Å². The molecule has 1 saturated carbocycles. The molecule has 1 atom stereocenters. The molecule has 1 N–H and O–H groups in total. The largest absolute Gasteiger partial charge is 0.379 e. The molecule has 1 amide bonds. The first kappa shape index (κ1) is 13.6. The highest BCUT2D eigenvalue weighted by atomic mass is 16.5. The number of hydrogen-bond acceptors (Lipinski definition) is 3. The van der Waals surface area contributed by atoms with Gasteiger partial charge in [0.1, 0.15) is 0 Å². The van der Waals surface area contributed by atoms with Crippen LogP contribution in [-0.2, 0) is 9.53 Å². The molecule has 1 aliphatic carbocycles. The quantitative estimate of drug-likeness (QED) is 0.920. The molecule has 110 valence electrons. The maximum Gasteiger partial charge on any atom is 0.224 e. The zero-order valence-electron chi connectivity index (χ0n) is 11.9. The number of nitrogens with zero attached hydrogens (tertiary/aromatic N) is 2. The standard InChI is InChI=1S/C15H23N3O2/c19-15(8-12-4-2-1-3-5-12)17-13-9-16-18(10-13)14-6-7-20-11-14/h9-10,12,14H,1-8,11H2,(H,17,19)/t14-/m0/s1. The summed E-state index contributed by atoms with van der Waals surface area (Å²) in [4.78, 5) is 12.0. The van der Waals surface area contributed by atoms with Crippen molar-refractivity contribution in [2.75, 3.05) is 18.5 Å². The number of nitrogens with one attached hydrogen (secondary N) is 1. The third kappa shape index (κ3) is 3.39. The SMILES string of the molecule is O=C(CC1CCCCC1)Nc1cnn([C@H]2CCOC2)c1. The lowest BCUT2D eigenvalue weighted by atomic mass is 9.87. The van der Waals surface area contributed by atoms with E-state index < -0.39 is 0 Å². The molecule has 2 aliphatic rings. The van der Waals surface area contributed by atoms with Crippen molar-refractivity contribution in [2.45, 2.75) is 51.0 Å². The van der Waals surface area contributed by atoms with E-state index in [0.717, 1.165) is 25.3 Å². The van der Waals surface area contributed by atoms with Gasteiger partial charge in [-0.15, -0.1) is 0 Å². The maximum atomic E-state index is 12.0. The summed E-state index contributed by atoms with van der Waals surface area (Å²) in [5, 5.41) is 7.29. The molecule has 5 heteroatoms. The van der Waals surface area contributed by atoms with Gasteiger partial charge in [-0.3, -0.25) is 9.48 Å². The highest BCUT2D eigenvalue weighted by molar-refractivity contribution is 5.90. The minimum Gasteiger partial charge on any atom is -0.379 e. The second kappa shape index (κ2) is 6.39. The fourth-order valence-electron chi connectivity index (χ4n) is 3.20. The molecule has 1 aromatic heterocycles. The maximum absolute atomic E-state index is 12.0. The molecule has 1 saturated heterocycles. The highest BCUT2D eigenvalue weighted by Gasteiger charge is 2.20. The van der Waals surface area contributed by atoms with Crippen molar-refractivity contribution in [1.82, 2.24) is 9.78 Å². The van der Waals surface area contributed by atoms with Gasteiger partial charge in [0, 0.05) is 19.2 Å². The Morgan fingerprint density at radius 1 is 1.35 bits per heavy atom. The van der Waals surface area contributed by atoms with Crippen molar-refractivity contribution in [3.8, 4) is 0 Å². The molecule has 3 rings (SSSR count). The van der Waals surface area contributed by atoms with E-state index in [2.05, 4.69) is 10.4 Å². The van der Waals surface area contributed by atoms with E-state index in [-0.39, 0.29) is 5.91 Å². The van der Waals surface area contributed by atoms with Gasteiger partial charge < -0.3 is 10.1 Å². The van der Waals surface area contributed by atoms with Crippen LogP contribution >= 0.6 is 0 Å². The minimum absolute atomic E-state index is 0.124. The van der Waals surface area contributed by atoms with E-state index in [1.165, 1.54) is 32.1 Å². The Morgan fingerprint density at radius 2 is 2.20 bits per heavy atom. The first-order chi connectivity index (χ1) is 9.81. The van der Waals surface area contributed by atoms with E-state index in [1.807, 2.05) is 10.9 Å². The average molecular weight is 277 g/mol. The molecule has 1 aromatic rings. The zero-order valence-corrected chi connectivity index (χ0v) is 11.9.